The zero-order valence-electron chi connectivity index (χ0n) is 10.7. The molecule has 4 heteroatoms. The Morgan fingerprint density at radius 1 is 1.33 bits per heavy atom. The minimum atomic E-state index is -0.361. The Kier molecular flexibility index (Phi) is 3.87. The van der Waals surface area contributed by atoms with E-state index >= 15 is 0 Å². The van der Waals surface area contributed by atoms with Crippen molar-refractivity contribution in [1.82, 2.24) is 0 Å². The second-order valence-corrected chi connectivity index (χ2v) is 4.87. The fraction of sp³-hybridized carbons (Fsp3) is 0.500. The summed E-state index contributed by atoms with van der Waals surface area (Å²) in [5.41, 5.74) is 6.22. The maximum Gasteiger partial charge on any atom is 0.231 e. The second kappa shape index (κ2) is 5.40. The predicted octanol–water partition coefficient (Wildman–Crippen LogP) is 2.15. The van der Waals surface area contributed by atoms with Gasteiger partial charge >= 0.3 is 0 Å². The van der Waals surface area contributed by atoms with E-state index in [1.54, 1.807) is 7.11 Å². The third kappa shape index (κ3) is 2.48. The van der Waals surface area contributed by atoms with Gasteiger partial charge in [0.15, 0.2) is 0 Å². The number of carbonyl (C=O) groups is 1. The third-order valence-electron chi connectivity index (χ3n) is 3.78. The van der Waals surface area contributed by atoms with E-state index in [0.717, 1.165) is 37.1 Å². The molecule has 1 aromatic carbocycles. The summed E-state index contributed by atoms with van der Waals surface area (Å²) in [7, 11) is 1.62. The summed E-state index contributed by atoms with van der Waals surface area (Å²) in [6.07, 6.45) is 3.97. The molecule has 1 aliphatic carbocycles. The fourth-order valence-corrected chi connectivity index (χ4v) is 2.51. The minimum absolute atomic E-state index is 0.0488. The third-order valence-corrected chi connectivity index (χ3v) is 3.78. The molecule has 1 fully saturated rings. The van der Waals surface area contributed by atoms with Gasteiger partial charge in [-0.2, -0.15) is 0 Å². The summed E-state index contributed by atoms with van der Waals surface area (Å²) in [6.45, 7) is 0.426. The van der Waals surface area contributed by atoms with E-state index in [4.69, 9.17) is 10.5 Å². The maximum atomic E-state index is 12.3. The van der Waals surface area contributed by atoms with Crippen LogP contribution in [0.1, 0.15) is 25.7 Å². The van der Waals surface area contributed by atoms with Gasteiger partial charge in [-0.3, -0.25) is 4.79 Å². The molecule has 0 spiro atoms. The molecule has 0 heterocycles. The molecule has 2 rings (SSSR count). The van der Waals surface area contributed by atoms with E-state index in [1.165, 1.54) is 0 Å². The first kappa shape index (κ1) is 12.9. The van der Waals surface area contributed by atoms with Crippen LogP contribution in [0.2, 0.25) is 0 Å². The number of hydrogen-bond acceptors (Lipinski definition) is 3. The first-order valence-corrected chi connectivity index (χ1v) is 6.36. The highest BCUT2D eigenvalue weighted by Crippen LogP contribution is 2.38. The Morgan fingerprint density at radius 3 is 2.44 bits per heavy atom. The molecular weight excluding hydrogens is 228 g/mol. The van der Waals surface area contributed by atoms with Crippen molar-refractivity contribution in [2.24, 2.45) is 11.1 Å². The van der Waals surface area contributed by atoms with Crippen molar-refractivity contribution in [2.45, 2.75) is 25.7 Å². The maximum absolute atomic E-state index is 12.3. The van der Waals surface area contributed by atoms with Gasteiger partial charge in [0.1, 0.15) is 5.75 Å². The summed E-state index contributed by atoms with van der Waals surface area (Å²) in [5.74, 6) is 0.829. The fourth-order valence-electron chi connectivity index (χ4n) is 2.51. The van der Waals surface area contributed by atoms with Crippen LogP contribution in [0, 0.1) is 5.41 Å². The smallest absolute Gasteiger partial charge is 0.231 e. The Hall–Kier alpha value is -1.55. The molecule has 0 saturated heterocycles. The number of anilines is 1. The van der Waals surface area contributed by atoms with Gasteiger partial charge in [0, 0.05) is 12.2 Å². The zero-order valence-corrected chi connectivity index (χ0v) is 10.7. The Morgan fingerprint density at radius 2 is 1.94 bits per heavy atom. The Bertz CT molecular complexity index is 408. The molecule has 0 radical (unpaired) electrons. The molecule has 0 aromatic heterocycles. The lowest BCUT2D eigenvalue weighted by Crippen LogP contribution is -2.40. The lowest BCUT2D eigenvalue weighted by molar-refractivity contribution is -0.124. The number of hydrogen-bond donors (Lipinski definition) is 2. The monoisotopic (exact) mass is 248 g/mol. The highest BCUT2D eigenvalue weighted by molar-refractivity contribution is 5.95. The zero-order chi connectivity index (χ0) is 13.0. The minimum Gasteiger partial charge on any atom is -0.497 e. The van der Waals surface area contributed by atoms with Crippen LogP contribution in [0.15, 0.2) is 24.3 Å². The second-order valence-electron chi connectivity index (χ2n) is 4.87. The number of nitrogens with two attached hydrogens (primary N) is 1. The molecule has 1 saturated carbocycles. The number of nitrogens with one attached hydrogen (secondary N) is 1. The van der Waals surface area contributed by atoms with Crippen molar-refractivity contribution in [2.75, 3.05) is 19.0 Å². The molecule has 1 amide bonds. The first-order chi connectivity index (χ1) is 8.70. The van der Waals surface area contributed by atoms with Crippen LogP contribution in [0.25, 0.3) is 0 Å². The molecule has 3 N–H and O–H groups in total. The first-order valence-electron chi connectivity index (χ1n) is 6.36. The SMILES string of the molecule is COc1ccc(NC(=O)C2(CN)CCCC2)cc1. The Balaban J connectivity index is 2.05. The molecule has 4 nitrogen and oxygen atoms in total. The van der Waals surface area contributed by atoms with E-state index in [0.29, 0.717) is 6.54 Å². The van der Waals surface area contributed by atoms with E-state index in [2.05, 4.69) is 5.32 Å². The predicted molar refractivity (Wildman–Crippen MR) is 71.6 cm³/mol. The normalized spacial score (nSPS) is 17.4. The highest BCUT2D eigenvalue weighted by Gasteiger charge is 2.39. The Labute approximate surface area is 108 Å². The standard InChI is InChI=1S/C14H20N2O2/c1-18-12-6-4-11(5-7-12)16-13(17)14(10-15)8-2-3-9-14/h4-7H,2-3,8-10,15H2,1H3,(H,16,17). The van der Waals surface area contributed by atoms with E-state index in [9.17, 15) is 4.79 Å². The van der Waals surface area contributed by atoms with Crippen molar-refractivity contribution < 1.29 is 9.53 Å². The lowest BCUT2D eigenvalue weighted by atomic mass is 9.85. The molecule has 0 bridgehead atoms. The number of methoxy groups -OCH3 is 1. The van der Waals surface area contributed by atoms with Crippen LogP contribution in [-0.4, -0.2) is 19.6 Å². The number of rotatable bonds is 4. The number of ether oxygens (including phenoxy) is 1. The molecule has 0 unspecified atom stereocenters. The van der Waals surface area contributed by atoms with Gasteiger partial charge in [0.25, 0.3) is 0 Å². The molecule has 18 heavy (non-hydrogen) atoms. The summed E-state index contributed by atoms with van der Waals surface area (Å²) in [5, 5.41) is 2.95. The number of amides is 1. The van der Waals surface area contributed by atoms with Gasteiger partial charge in [0.2, 0.25) is 5.91 Å². The lowest BCUT2D eigenvalue weighted by Gasteiger charge is -2.25. The largest absolute Gasteiger partial charge is 0.497 e. The summed E-state index contributed by atoms with van der Waals surface area (Å²) < 4.78 is 5.08. The van der Waals surface area contributed by atoms with Crippen molar-refractivity contribution in [3.05, 3.63) is 24.3 Å². The topological polar surface area (TPSA) is 64.3 Å². The van der Waals surface area contributed by atoms with Crippen molar-refractivity contribution in [3.8, 4) is 5.75 Å². The van der Waals surface area contributed by atoms with Crippen molar-refractivity contribution in [3.63, 3.8) is 0 Å². The highest BCUT2D eigenvalue weighted by atomic mass is 16.5. The van der Waals surface area contributed by atoms with Crippen molar-refractivity contribution >= 4 is 11.6 Å². The van der Waals surface area contributed by atoms with E-state index < -0.39 is 0 Å². The van der Waals surface area contributed by atoms with Crippen LogP contribution < -0.4 is 15.8 Å². The summed E-state index contributed by atoms with van der Waals surface area (Å²) in [6, 6.07) is 7.35. The van der Waals surface area contributed by atoms with Crippen molar-refractivity contribution in [1.29, 1.82) is 0 Å². The average Bonchev–Trinajstić information content (AvgIpc) is 2.89. The van der Waals surface area contributed by atoms with Crippen LogP contribution in [0.3, 0.4) is 0 Å². The molecule has 0 atom stereocenters. The molecule has 98 valence electrons. The van der Waals surface area contributed by atoms with Crippen LogP contribution in [0.5, 0.6) is 5.75 Å². The van der Waals surface area contributed by atoms with Gasteiger partial charge < -0.3 is 15.8 Å². The summed E-state index contributed by atoms with van der Waals surface area (Å²) in [4.78, 5) is 12.3. The molecular formula is C14H20N2O2. The van der Waals surface area contributed by atoms with Gasteiger partial charge in [-0.1, -0.05) is 12.8 Å². The number of carbonyl (C=O) groups excluding carboxylic acids is 1. The van der Waals surface area contributed by atoms with Crippen LogP contribution in [-0.2, 0) is 4.79 Å². The molecule has 0 aliphatic heterocycles. The van der Waals surface area contributed by atoms with Gasteiger partial charge in [-0.15, -0.1) is 0 Å². The van der Waals surface area contributed by atoms with E-state index in [1.807, 2.05) is 24.3 Å². The van der Waals surface area contributed by atoms with E-state index in [-0.39, 0.29) is 11.3 Å². The van der Waals surface area contributed by atoms with Crippen LogP contribution >= 0.6 is 0 Å². The van der Waals surface area contributed by atoms with Gasteiger partial charge in [-0.25, -0.2) is 0 Å². The quantitative estimate of drug-likeness (QED) is 0.858. The summed E-state index contributed by atoms with van der Waals surface area (Å²) >= 11 is 0. The number of benzene rings is 1. The average molecular weight is 248 g/mol. The molecule has 1 aromatic rings. The molecule has 1 aliphatic rings. The van der Waals surface area contributed by atoms with Crippen LogP contribution in [0.4, 0.5) is 5.69 Å². The van der Waals surface area contributed by atoms with Gasteiger partial charge in [0.05, 0.1) is 12.5 Å². The van der Waals surface area contributed by atoms with Gasteiger partial charge in [-0.05, 0) is 37.1 Å².